The molecule has 5 nitrogen and oxygen atoms in total. The van der Waals surface area contributed by atoms with E-state index in [1.54, 1.807) is 25.3 Å². The van der Waals surface area contributed by atoms with Crippen molar-refractivity contribution in [1.29, 1.82) is 5.26 Å². The number of nitrogens with zero attached hydrogens (tertiary/aromatic N) is 3. The molecule has 0 radical (unpaired) electrons. The molecule has 0 saturated carbocycles. The van der Waals surface area contributed by atoms with Crippen LogP contribution in [0.3, 0.4) is 0 Å². The summed E-state index contributed by atoms with van der Waals surface area (Å²) in [4.78, 5) is 16.9. The van der Waals surface area contributed by atoms with Gasteiger partial charge in [0.2, 0.25) is 0 Å². The van der Waals surface area contributed by atoms with Crippen LogP contribution in [-0.4, -0.2) is 29.0 Å². The zero-order chi connectivity index (χ0) is 14.5. The number of nitriles is 1. The Hall–Kier alpha value is -1.55. The van der Waals surface area contributed by atoms with E-state index in [4.69, 9.17) is 21.6 Å². The third kappa shape index (κ3) is 3.12. The first-order chi connectivity index (χ1) is 9.67. The highest BCUT2D eigenvalue weighted by Crippen LogP contribution is 2.20. The number of hydrogen-bond donors (Lipinski definition) is 0. The standard InChI is InChI=1S/C13H12ClN3O2S/c1-19-6-5-17-12(18)10-3-2-9(14)8-11(10)16-13(17)20-7-4-15/h2-3,8H,5-7H2,1H3. The van der Waals surface area contributed by atoms with Gasteiger partial charge in [-0.25, -0.2) is 4.98 Å². The largest absolute Gasteiger partial charge is 0.383 e. The second kappa shape index (κ2) is 6.75. The van der Waals surface area contributed by atoms with E-state index in [0.717, 1.165) is 0 Å². The van der Waals surface area contributed by atoms with Gasteiger partial charge in [-0.2, -0.15) is 5.26 Å². The van der Waals surface area contributed by atoms with Crippen LogP contribution in [0.15, 0.2) is 28.2 Å². The van der Waals surface area contributed by atoms with E-state index in [0.29, 0.717) is 34.2 Å². The molecule has 2 rings (SSSR count). The number of hydrogen-bond acceptors (Lipinski definition) is 5. The maximum Gasteiger partial charge on any atom is 0.262 e. The molecule has 104 valence electrons. The molecule has 2 aromatic rings. The normalized spacial score (nSPS) is 10.7. The predicted octanol–water partition coefficient (Wildman–Crippen LogP) is 2.31. The van der Waals surface area contributed by atoms with Crippen molar-refractivity contribution in [1.82, 2.24) is 9.55 Å². The Labute approximate surface area is 125 Å². The van der Waals surface area contributed by atoms with Gasteiger partial charge in [0.1, 0.15) is 0 Å². The number of methoxy groups -OCH3 is 1. The zero-order valence-electron chi connectivity index (χ0n) is 10.8. The summed E-state index contributed by atoms with van der Waals surface area (Å²) in [6.45, 7) is 0.801. The Kier molecular flexibility index (Phi) is 5.01. The fraction of sp³-hybridized carbons (Fsp3) is 0.308. The van der Waals surface area contributed by atoms with Gasteiger partial charge in [-0.15, -0.1) is 0 Å². The van der Waals surface area contributed by atoms with E-state index in [2.05, 4.69) is 4.98 Å². The molecule has 0 aliphatic heterocycles. The van der Waals surface area contributed by atoms with Crippen LogP contribution in [0, 0.1) is 11.3 Å². The van der Waals surface area contributed by atoms with E-state index in [9.17, 15) is 4.79 Å². The summed E-state index contributed by atoms with van der Waals surface area (Å²) in [7, 11) is 1.57. The first-order valence-corrected chi connectivity index (χ1v) is 7.22. The van der Waals surface area contributed by atoms with Crippen LogP contribution < -0.4 is 5.56 Å². The van der Waals surface area contributed by atoms with Crippen LogP contribution in [0.4, 0.5) is 0 Å². The molecule has 0 bridgehead atoms. The average molecular weight is 310 g/mol. The molecule has 7 heteroatoms. The van der Waals surface area contributed by atoms with E-state index in [-0.39, 0.29) is 11.3 Å². The third-order valence-electron chi connectivity index (χ3n) is 2.67. The summed E-state index contributed by atoms with van der Waals surface area (Å²) in [5.41, 5.74) is 0.390. The van der Waals surface area contributed by atoms with Crippen molar-refractivity contribution in [3.63, 3.8) is 0 Å². The molecule has 20 heavy (non-hydrogen) atoms. The van der Waals surface area contributed by atoms with Gasteiger partial charge in [0.25, 0.3) is 5.56 Å². The molecule has 0 aliphatic carbocycles. The second-order valence-corrected chi connectivity index (χ2v) is 5.33. The van der Waals surface area contributed by atoms with Crippen LogP contribution >= 0.6 is 23.4 Å². The van der Waals surface area contributed by atoms with Crippen LogP contribution in [0.1, 0.15) is 0 Å². The minimum Gasteiger partial charge on any atom is -0.383 e. The second-order valence-electron chi connectivity index (χ2n) is 3.95. The van der Waals surface area contributed by atoms with Crippen molar-refractivity contribution in [3.05, 3.63) is 33.6 Å². The number of aromatic nitrogens is 2. The summed E-state index contributed by atoms with van der Waals surface area (Å²) in [5, 5.41) is 10.2. The molecule has 0 amide bonds. The molecule has 0 spiro atoms. The first-order valence-electron chi connectivity index (χ1n) is 5.86. The molecule has 1 heterocycles. The molecular weight excluding hydrogens is 298 g/mol. The number of halogens is 1. The zero-order valence-corrected chi connectivity index (χ0v) is 12.4. The highest BCUT2D eigenvalue weighted by atomic mass is 35.5. The smallest absolute Gasteiger partial charge is 0.262 e. The molecule has 0 fully saturated rings. The van der Waals surface area contributed by atoms with Crippen molar-refractivity contribution in [2.75, 3.05) is 19.5 Å². The molecule has 1 aromatic heterocycles. The van der Waals surface area contributed by atoms with Gasteiger partial charge in [-0.3, -0.25) is 9.36 Å². The monoisotopic (exact) mass is 309 g/mol. The molecule has 1 aromatic carbocycles. The maximum atomic E-state index is 12.5. The Morgan fingerprint density at radius 2 is 2.35 bits per heavy atom. The topological polar surface area (TPSA) is 67.9 Å². The maximum absolute atomic E-state index is 12.5. The summed E-state index contributed by atoms with van der Waals surface area (Å²) >= 11 is 7.15. The lowest BCUT2D eigenvalue weighted by atomic mass is 10.2. The predicted molar refractivity (Wildman–Crippen MR) is 79.2 cm³/mol. The molecule has 0 saturated heterocycles. The SMILES string of the molecule is COCCn1c(SCC#N)nc2cc(Cl)ccc2c1=O. The first kappa shape index (κ1) is 14.9. The van der Waals surface area contributed by atoms with Gasteiger partial charge in [-0.1, -0.05) is 23.4 Å². The van der Waals surface area contributed by atoms with Crippen molar-refractivity contribution in [2.45, 2.75) is 11.7 Å². The number of ether oxygens (including phenoxy) is 1. The molecule has 0 aliphatic rings. The lowest BCUT2D eigenvalue weighted by Crippen LogP contribution is -2.25. The van der Waals surface area contributed by atoms with Gasteiger partial charge < -0.3 is 4.74 Å². The highest BCUT2D eigenvalue weighted by molar-refractivity contribution is 7.99. The Morgan fingerprint density at radius 1 is 1.55 bits per heavy atom. The lowest BCUT2D eigenvalue weighted by Gasteiger charge is -2.11. The Morgan fingerprint density at radius 3 is 3.05 bits per heavy atom. The van der Waals surface area contributed by atoms with Crippen molar-refractivity contribution in [2.24, 2.45) is 0 Å². The molecular formula is C13H12ClN3O2S. The minimum atomic E-state index is -0.149. The summed E-state index contributed by atoms with van der Waals surface area (Å²) < 4.78 is 6.54. The lowest BCUT2D eigenvalue weighted by molar-refractivity contribution is 0.183. The van der Waals surface area contributed by atoms with Crippen LogP contribution in [0.2, 0.25) is 5.02 Å². The summed E-state index contributed by atoms with van der Waals surface area (Å²) in [6.07, 6.45) is 0. The van der Waals surface area contributed by atoms with E-state index < -0.39 is 0 Å². The molecule has 0 N–H and O–H groups in total. The van der Waals surface area contributed by atoms with Gasteiger partial charge >= 0.3 is 0 Å². The van der Waals surface area contributed by atoms with E-state index >= 15 is 0 Å². The fourth-order valence-electron chi connectivity index (χ4n) is 1.76. The Balaban J connectivity index is 2.60. The van der Waals surface area contributed by atoms with Crippen LogP contribution in [-0.2, 0) is 11.3 Å². The summed E-state index contributed by atoms with van der Waals surface area (Å²) in [5.74, 6) is 0.228. The number of fused-ring (bicyclic) bond motifs is 1. The minimum absolute atomic E-state index is 0.149. The molecule has 0 unspecified atom stereocenters. The van der Waals surface area contributed by atoms with E-state index in [1.807, 2.05) is 6.07 Å². The number of rotatable bonds is 5. The van der Waals surface area contributed by atoms with Gasteiger partial charge in [0.15, 0.2) is 5.16 Å². The van der Waals surface area contributed by atoms with Crippen LogP contribution in [0.5, 0.6) is 0 Å². The summed E-state index contributed by atoms with van der Waals surface area (Å²) in [6, 6.07) is 7.00. The van der Waals surface area contributed by atoms with E-state index in [1.165, 1.54) is 16.3 Å². The number of thioether (sulfide) groups is 1. The third-order valence-corrected chi connectivity index (χ3v) is 3.75. The van der Waals surface area contributed by atoms with Crippen molar-refractivity contribution < 1.29 is 4.74 Å². The average Bonchev–Trinajstić information content (AvgIpc) is 2.44. The van der Waals surface area contributed by atoms with Crippen LogP contribution in [0.25, 0.3) is 10.9 Å². The van der Waals surface area contributed by atoms with Crippen molar-refractivity contribution in [3.8, 4) is 6.07 Å². The van der Waals surface area contributed by atoms with Gasteiger partial charge in [-0.05, 0) is 18.2 Å². The quantitative estimate of drug-likeness (QED) is 0.626. The van der Waals surface area contributed by atoms with Gasteiger partial charge in [0, 0.05) is 12.1 Å². The molecule has 0 atom stereocenters. The Bertz CT molecular complexity index is 724. The van der Waals surface area contributed by atoms with Crippen molar-refractivity contribution >= 4 is 34.3 Å². The highest BCUT2D eigenvalue weighted by Gasteiger charge is 2.11. The fourth-order valence-corrected chi connectivity index (χ4v) is 2.61. The number of benzene rings is 1. The van der Waals surface area contributed by atoms with Gasteiger partial charge in [0.05, 0.1) is 35.9 Å².